The SMILES string of the molecule is COc1cc(Br)cc([C@@H]2C[C@H]2N)c1OC. The van der Waals surface area contributed by atoms with Crippen LogP contribution in [0, 0.1) is 0 Å². The van der Waals surface area contributed by atoms with Crippen LogP contribution in [0.25, 0.3) is 0 Å². The molecular weight excluding hydrogens is 258 g/mol. The van der Waals surface area contributed by atoms with Gasteiger partial charge in [0.15, 0.2) is 11.5 Å². The fourth-order valence-corrected chi connectivity index (χ4v) is 2.26. The molecule has 0 saturated heterocycles. The van der Waals surface area contributed by atoms with Crippen molar-refractivity contribution < 1.29 is 9.47 Å². The van der Waals surface area contributed by atoms with Crippen LogP contribution in [0.1, 0.15) is 17.9 Å². The van der Waals surface area contributed by atoms with Gasteiger partial charge in [0.1, 0.15) is 0 Å². The van der Waals surface area contributed by atoms with Crippen molar-refractivity contribution in [1.82, 2.24) is 0 Å². The third kappa shape index (κ3) is 1.96. The topological polar surface area (TPSA) is 44.5 Å². The molecule has 0 unspecified atom stereocenters. The Morgan fingerprint density at radius 2 is 2.00 bits per heavy atom. The van der Waals surface area contributed by atoms with E-state index in [0.717, 1.165) is 28.0 Å². The van der Waals surface area contributed by atoms with Crippen LogP contribution in [0.2, 0.25) is 0 Å². The molecule has 2 rings (SSSR count). The zero-order valence-corrected chi connectivity index (χ0v) is 10.4. The molecule has 1 aromatic carbocycles. The van der Waals surface area contributed by atoms with Crippen LogP contribution in [0.5, 0.6) is 11.5 Å². The van der Waals surface area contributed by atoms with Gasteiger partial charge in [-0.2, -0.15) is 0 Å². The van der Waals surface area contributed by atoms with Gasteiger partial charge in [0.25, 0.3) is 0 Å². The third-order valence-corrected chi connectivity index (χ3v) is 3.17. The average molecular weight is 272 g/mol. The first kappa shape index (κ1) is 10.8. The lowest BCUT2D eigenvalue weighted by Gasteiger charge is -2.13. The van der Waals surface area contributed by atoms with E-state index in [-0.39, 0.29) is 6.04 Å². The summed E-state index contributed by atoms with van der Waals surface area (Å²) >= 11 is 3.46. The molecule has 1 aromatic rings. The second-order valence-electron chi connectivity index (χ2n) is 3.74. The van der Waals surface area contributed by atoms with Crippen molar-refractivity contribution in [3.8, 4) is 11.5 Å². The van der Waals surface area contributed by atoms with Crippen LogP contribution in [0.4, 0.5) is 0 Å². The molecule has 0 heterocycles. The molecule has 0 spiro atoms. The summed E-state index contributed by atoms with van der Waals surface area (Å²) in [5, 5.41) is 0. The predicted octanol–water partition coefficient (Wildman–Crippen LogP) is 2.28. The summed E-state index contributed by atoms with van der Waals surface area (Å²) < 4.78 is 11.6. The quantitative estimate of drug-likeness (QED) is 0.918. The summed E-state index contributed by atoms with van der Waals surface area (Å²) in [6, 6.07) is 4.22. The van der Waals surface area contributed by atoms with Gasteiger partial charge in [-0.05, 0) is 18.6 Å². The molecule has 1 saturated carbocycles. The van der Waals surface area contributed by atoms with Gasteiger partial charge in [-0.1, -0.05) is 15.9 Å². The van der Waals surface area contributed by atoms with Crippen molar-refractivity contribution >= 4 is 15.9 Å². The van der Waals surface area contributed by atoms with Gasteiger partial charge >= 0.3 is 0 Å². The molecule has 0 radical (unpaired) electrons. The minimum absolute atomic E-state index is 0.262. The highest BCUT2D eigenvalue weighted by atomic mass is 79.9. The van der Waals surface area contributed by atoms with Gasteiger partial charge in [-0.15, -0.1) is 0 Å². The van der Waals surface area contributed by atoms with Crippen molar-refractivity contribution in [3.63, 3.8) is 0 Å². The first-order valence-electron chi connectivity index (χ1n) is 4.84. The van der Waals surface area contributed by atoms with E-state index in [0.29, 0.717) is 5.92 Å². The average Bonchev–Trinajstić information content (AvgIpc) is 2.94. The molecule has 82 valence electrons. The van der Waals surface area contributed by atoms with Crippen LogP contribution < -0.4 is 15.2 Å². The molecule has 2 N–H and O–H groups in total. The maximum Gasteiger partial charge on any atom is 0.164 e. The summed E-state index contributed by atoms with van der Waals surface area (Å²) in [6.45, 7) is 0. The van der Waals surface area contributed by atoms with Gasteiger partial charge < -0.3 is 15.2 Å². The van der Waals surface area contributed by atoms with Gasteiger partial charge in [0, 0.05) is 22.0 Å². The van der Waals surface area contributed by atoms with Crippen LogP contribution in [-0.2, 0) is 0 Å². The largest absolute Gasteiger partial charge is 0.493 e. The van der Waals surface area contributed by atoms with Gasteiger partial charge in [0.2, 0.25) is 0 Å². The molecule has 15 heavy (non-hydrogen) atoms. The van der Waals surface area contributed by atoms with E-state index in [1.165, 1.54) is 0 Å². The van der Waals surface area contributed by atoms with E-state index in [1.807, 2.05) is 6.07 Å². The lowest BCUT2D eigenvalue weighted by molar-refractivity contribution is 0.351. The second-order valence-corrected chi connectivity index (χ2v) is 4.65. The Bertz CT molecular complexity index is 381. The molecule has 0 amide bonds. The first-order valence-corrected chi connectivity index (χ1v) is 5.63. The number of rotatable bonds is 3. The third-order valence-electron chi connectivity index (χ3n) is 2.71. The van der Waals surface area contributed by atoms with E-state index in [9.17, 15) is 0 Å². The molecule has 0 bridgehead atoms. The number of ether oxygens (including phenoxy) is 2. The zero-order chi connectivity index (χ0) is 11.0. The molecule has 0 aromatic heterocycles. The summed E-state index contributed by atoms with van der Waals surface area (Å²) in [5.74, 6) is 1.96. The fourth-order valence-electron chi connectivity index (χ4n) is 1.81. The van der Waals surface area contributed by atoms with Crippen LogP contribution in [0.15, 0.2) is 16.6 Å². The molecule has 1 fully saturated rings. The Hall–Kier alpha value is -0.740. The second kappa shape index (κ2) is 4.02. The fraction of sp³-hybridized carbons (Fsp3) is 0.455. The van der Waals surface area contributed by atoms with Crippen LogP contribution >= 0.6 is 15.9 Å². The normalized spacial score (nSPS) is 23.7. The van der Waals surface area contributed by atoms with E-state index in [4.69, 9.17) is 15.2 Å². The highest BCUT2D eigenvalue weighted by molar-refractivity contribution is 9.10. The van der Waals surface area contributed by atoms with Gasteiger partial charge in [0.05, 0.1) is 14.2 Å². The highest BCUT2D eigenvalue weighted by Crippen LogP contribution is 2.47. The monoisotopic (exact) mass is 271 g/mol. The highest BCUT2D eigenvalue weighted by Gasteiger charge is 2.38. The summed E-state index contributed by atoms with van der Waals surface area (Å²) in [7, 11) is 3.30. The Morgan fingerprint density at radius 1 is 1.33 bits per heavy atom. The van der Waals surface area contributed by atoms with Gasteiger partial charge in [-0.25, -0.2) is 0 Å². The van der Waals surface area contributed by atoms with Crippen molar-refractivity contribution in [1.29, 1.82) is 0 Å². The van der Waals surface area contributed by atoms with E-state index in [2.05, 4.69) is 22.0 Å². The number of methoxy groups -OCH3 is 2. The predicted molar refractivity (Wildman–Crippen MR) is 62.6 cm³/mol. The number of halogens is 1. The van der Waals surface area contributed by atoms with Crippen molar-refractivity contribution in [2.24, 2.45) is 5.73 Å². The summed E-state index contributed by atoms with van der Waals surface area (Å²) in [4.78, 5) is 0. The molecule has 2 atom stereocenters. The Labute approximate surface area is 97.7 Å². The Morgan fingerprint density at radius 3 is 2.47 bits per heavy atom. The molecule has 1 aliphatic rings. The maximum atomic E-state index is 5.85. The standard InChI is InChI=1S/C11H14BrNO2/c1-14-10-4-6(12)3-8(11(10)15-2)7-5-9(7)13/h3-4,7,9H,5,13H2,1-2H3/t7-,9+/m0/s1. The van der Waals surface area contributed by atoms with Crippen LogP contribution in [0.3, 0.4) is 0 Å². The Kier molecular flexibility index (Phi) is 2.89. The summed E-state index contributed by atoms with van der Waals surface area (Å²) in [6.07, 6.45) is 1.02. The lowest BCUT2D eigenvalue weighted by atomic mass is 10.1. The van der Waals surface area contributed by atoms with Crippen molar-refractivity contribution in [2.75, 3.05) is 14.2 Å². The number of benzene rings is 1. The van der Waals surface area contributed by atoms with Crippen molar-refractivity contribution in [2.45, 2.75) is 18.4 Å². The number of nitrogens with two attached hydrogens (primary N) is 1. The molecular formula is C11H14BrNO2. The molecule has 3 nitrogen and oxygen atoms in total. The zero-order valence-electron chi connectivity index (χ0n) is 8.79. The van der Waals surface area contributed by atoms with Crippen molar-refractivity contribution in [3.05, 3.63) is 22.2 Å². The minimum atomic E-state index is 0.262. The van der Waals surface area contributed by atoms with E-state index in [1.54, 1.807) is 14.2 Å². The van der Waals surface area contributed by atoms with E-state index >= 15 is 0 Å². The number of hydrogen-bond acceptors (Lipinski definition) is 3. The smallest absolute Gasteiger partial charge is 0.164 e. The van der Waals surface area contributed by atoms with E-state index < -0.39 is 0 Å². The lowest BCUT2D eigenvalue weighted by Crippen LogP contribution is -2.03. The summed E-state index contributed by atoms with van der Waals surface area (Å²) in [5.41, 5.74) is 6.99. The first-order chi connectivity index (χ1) is 7.17. The molecule has 0 aliphatic heterocycles. The molecule has 4 heteroatoms. The van der Waals surface area contributed by atoms with Gasteiger partial charge in [-0.3, -0.25) is 0 Å². The number of hydrogen-bond donors (Lipinski definition) is 1. The minimum Gasteiger partial charge on any atom is -0.493 e. The molecule has 1 aliphatic carbocycles. The Balaban J connectivity index is 2.46. The maximum absolute atomic E-state index is 5.85. The van der Waals surface area contributed by atoms with Crippen LogP contribution in [-0.4, -0.2) is 20.3 Å².